The second-order valence-corrected chi connectivity index (χ2v) is 5.36. The van der Waals surface area contributed by atoms with Crippen molar-refractivity contribution in [3.8, 4) is 0 Å². The van der Waals surface area contributed by atoms with Crippen LogP contribution in [0.4, 0.5) is 0 Å². The van der Waals surface area contributed by atoms with Crippen LogP contribution < -0.4 is 0 Å². The van der Waals surface area contributed by atoms with Gasteiger partial charge < -0.3 is 5.11 Å². The van der Waals surface area contributed by atoms with Crippen LogP contribution in [0, 0.1) is 11.3 Å². The first-order chi connectivity index (χ1) is 6.05. The van der Waals surface area contributed by atoms with Gasteiger partial charge in [-0.15, -0.1) is 0 Å². The van der Waals surface area contributed by atoms with Crippen LogP contribution in [-0.2, 0) is 0 Å². The molecular formula is C12H24O. The van der Waals surface area contributed by atoms with Gasteiger partial charge in [0.1, 0.15) is 0 Å². The predicted molar refractivity (Wildman–Crippen MR) is 56.7 cm³/mol. The van der Waals surface area contributed by atoms with E-state index < -0.39 is 0 Å². The molecule has 0 bridgehead atoms. The first-order valence-corrected chi connectivity index (χ1v) is 5.73. The number of rotatable bonds is 3. The average molecular weight is 184 g/mol. The van der Waals surface area contributed by atoms with Crippen molar-refractivity contribution >= 4 is 0 Å². The average Bonchev–Trinajstić information content (AvgIpc) is 2.04. The molecule has 1 N–H and O–H groups in total. The third-order valence-corrected chi connectivity index (χ3v) is 3.51. The monoisotopic (exact) mass is 184 g/mol. The summed E-state index contributed by atoms with van der Waals surface area (Å²) in [6.07, 6.45) is 7.12. The Morgan fingerprint density at radius 3 is 2.31 bits per heavy atom. The highest BCUT2D eigenvalue weighted by atomic mass is 16.3. The Morgan fingerprint density at radius 2 is 1.85 bits per heavy atom. The van der Waals surface area contributed by atoms with Gasteiger partial charge in [-0.2, -0.15) is 0 Å². The summed E-state index contributed by atoms with van der Waals surface area (Å²) in [6.45, 7) is 6.83. The first-order valence-electron chi connectivity index (χ1n) is 5.73. The van der Waals surface area contributed by atoms with E-state index in [1.54, 1.807) is 0 Å². The van der Waals surface area contributed by atoms with Crippen LogP contribution in [0.25, 0.3) is 0 Å². The Morgan fingerprint density at radius 1 is 1.31 bits per heavy atom. The molecular weight excluding hydrogens is 160 g/mol. The van der Waals surface area contributed by atoms with Crippen LogP contribution in [0.1, 0.15) is 59.3 Å². The molecule has 1 heteroatoms. The molecule has 0 aromatic heterocycles. The lowest BCUT2D eigenvalue weighted by Crippen LogP contribution is -2.28. The highest BCUT2D eigenvalue weighted by Crippen LogP contribution is 2.39. The van der Waals surface area contributed by atoms with E-state index in [-0.39, 0.29) is 6.10 Å². The summed E-state index contributed by atoms with van der Waals surface area (Å²) in [5.74, 6) is 0.591. The minimum Gasteiger partial charge on any atom is -0.393 e. The van der Waals surface area contributed by atoms with Gasteiger partial charge in [0.05, 0.1) is 6.10 Å². The van der Waals surface area contributed by atoms with Gasteiger partial charge in [0.25, 0.3) is 0 Å². The standard InChI is InChI=1S/C12H24O/c1-4-5-11(13)10-6-8-12(2,3)9-7-10/h10-11,13H,4-9H2,1-3H3/t11-/m0/s1. The number of aliphatic hydroxyl groups is 1. The zero-order valence-corrected chi connectivity index (χ0v) is 9.34. The summed E-state index contributed by atoms with van der Waals surface area (Å²) in [6, 6.07) is 0. The van der Waals surface area contributed by atoms with Crippen LogP contribution in [0.5, 0.6) is 0 Å². The molecule has 1 aliphatic carbocycles. The molecule has 0 saturated heterocycles. The van der Waals surface area contributed by atoms with Gasteiger partial charge in [-0.25, -0.2) is 0 Å². The van der Waals surface area contributed by atoms with E-state index in [9.17, 15) is 5.11 Å². The van der Waals surface area contributed by atoms with Crippen LogP contribution in [0.2, 0.25) is 0 Å². The molecule has 0 aliphatic heterocycles. The van der Waals surface area contributed by atoms with E-state index in [2.05, 4.69) is 20.8 Å². The van der Waals surface area contributed by atoms with Crippen molar-refractivity contribution in [2.75, 3.05) is 0 Å². The summed E-state index contributed by atoms with van der Waals surface area (Å²) in [5, 5.41) is 9.84. The number of hydrogen-bond donors (Lipinski definition) is 1. The molecule has 0 unspecified atom stereocenters. The van der Waals surface area contributed by atoms with Gasteiger partial charge in [-0.3, -0.25) is 0 Å². The van der Waals surface area contributed by atoms with Crippen molar-refractivity contribution in [3.05, 3.63) is 0 Å². The van der Waals surface area contributed by atoms with Crippen molar-refractivity contribution in [1.82, 2.24) is 0 Å². The van der Waals surface area contributed by atoms with E-state index in [1.165, 1.54) is 25.7 Å². The lowest BCUT2D eigenvalue weighted by molar-refractivity contribution is 0.0511. The molecule has 0 spiro atoms. The highest BCUT2D eigenvalue weighted by Gasteiger charge is 2.29. The van der Waals surface area contributed by atoms with Gasteiger partial charge in [0.2, 0.25) is 0 Å². The second kappa shape index (κ2) is 4.45. The van der Waals surface area contributed by atoms with Crippen LogP contribution in [0.3, 0.4) is 0 Å². The molecule has 1 atom stereocenters. The smallest absolute Gasteiger partial charge is 0.0568 e. The SMILES string of the molecule is CCC[C@H](O)C1CCC(C)(C)CC1. The van der Waals surface area contributed by atoms with E-state index in [0.717, 1.165) is 12.8 Å². The minimum absolute atomic E-state index is 0.0268. The normalized spacial score (nSPS) is 25.8. The molecule has 0 radical (unpaired) electrons. The van der Waals surface area contributed by atoms with Crippen molar-refractivity contribution < 1.29 is 5.11 Å². The number of aliphatic hydroxyl groups excluding tert-OH is 1. The largest absolute Gasteiger partial charge is 0.393 e. The highest BCUT2D eigenvalue weighted by molar-refractivity contribution is 4.81. The Balaban J connectivity index is 2.32. The molecule has 0 aromatic carbocycles. The van der Waals surface area contributed by atoms with Gasteiger partial charge in [-0.1, -0.05) is 27.2 Å². The van der Waals surface area contributed by atoms with E-state index >= 15 is 0 Å². The summed E-state index contributed by atoms with van der Waals surface area (Å²) >= 11 is 0. The Bertz CT molecular complexity index is 141. The fourth-order valence-corrected chi connectivity index (χ4v) is 2.34. The Kier molecular flexibility index (Phi) is 3.78. The maximum absolute atomic E-state index is 9.84. The molecule has 0 heterocycles. The second-order valence-electron chi connectivity index (χ2n) is 5.36. The molecule has 1 nitrogen and oxygen atoms in total. The van der Waals surface area contributed by atoms with Crippen molar-refractivity contribution in [3.63, 3.8) is 0 Å². The molecule has 78 valence electrons. The third-order valence-electron chi connectivity index (χ3n) is 3.51. The fourth-order valence-electron chi connectivity index (χ4n) is 2.34. The van der Waals surface area contributed by atoms with Crippen LogP contribution in [-0.4, -0.2) is 11.2 Å². The number of hydrogen-bond acceptors (Lipinski definition) is 1. The molecule has 1 saturated carbocycles. The molecule has 1 rings (SSSR count). The van der Waals surface area contributed by atoms with E-state index in [1.807, 2.05) is 0 Å². The van der Waals surface area contributed by atoms with Crippen LogP contribution in [0.15, 0.2) is 0 Å². The summed E-state index contributed by atoms with van der Waals surface area (Å²) in [5.41, 5.74) is 0.530. The minimum atomic E-state index is -0.0268. The van der Waals surface area contributed by atoms with Crippen molar-refractivity contribution in [1.29, 1.82) is 0 Å². The Labute approximate surface area is 82.5 Å². The molecule has 0 amide bonds. The first kappa shape index (κ1) is 11.0. The van der Waals surface area contributed by atoms with E-state index in [4.69, 9.17) is 0 Å². The van der Waals surface area contributed by atoms with Gasteiger partial charge >= 0.3 is 0 Å². The quantitative estimate of drug-likeness (QED) is 0.713. The lowest BCUT2D eigenvalue weighted by atomic mass is 9.71. The van der Waals surface area contributed by atoms with Gasteiger partial charge in [0, 0.05) is 0 Å². The Hall–Kier alpha value is -0.0400. The van der Waals surface area contributed by atoms with Gasteiger partial charge in [-0.05, 0) is 43.4 Å². The van der Waals surface area contributed by atoms with Crippen molar-refractivity contribution in [2.24, 2.45) is 11.3 Å². The molecule has 1 aliphatic rings. The fraction of sp³-hybridized carbons (Fsp3) is 1.00. The van der Waals surface area contributed by atoms with E-state index in [0.29, 0.717) is 11.3 Å². The zero-order valence-electron chi connectivity index (χ0n) is 9.34. The molecule has 0 aromatic rings. The van der Waals surface area contributed by atoms with Gasteiger partial charge in [0.15, 0.2) is 0 Å². The predicted octanol–water partition coefficient (Wildman–Crippen LogP) is 3.36. The lowest BCUT2D eigenvalue weighted by Gasteiger charge is -2.36. The maximum atomic E-state index is 9.84. The summed E-state index contributed by atoms with van der Waals surface area (Å²) in [7, 11) is 0. The van der Waals surface area contributed by atoms with Crippen molar-refractivity contribution in [2.45, 2.75) is 65.4 Å². The molecule has 13 heavy (non-hydrogen) atoms. The zero-order chi connectivity index (χ0) is 9.90. The maximum Gasteiger partial charge on any atom is 0.0568 e. The third kappa shape index (κ3) is 3.30. The summed E-state index contributed by atoms with van der Waals surface area (Å²) in [4.78, 5) is 0. The summed E-state index contributed by atoms with van der Waals surface area (Å²) < 4.78 is 0. The molecule has 1 fully saturated rings. The van der Waals surface area contributed by atoms with Crippen LogP contribution >= 0.6 is 0 Å². The topological polar surface area (TPSA) is 20.2 Å².